The van der Waals surface area contributed by atoms with Crippen molar-refractivity contribution in [2.75, 3.05) is 40.3 Å². The number of amides is 2. The van der Waals surface area contributed by atoms with Crippen molar-refractivity contribution in [3.63, 3.8) is 0 Å². The Morgan fingerprint density at radius 3 is 2.64 bits per heavy atom. The van der Waals surface area contributed by atoms with Crippen LogP contribution in [0.25, 0.3) is 0 Å². The lowest BCUT2D eigenvalue weighted by Crippen LogP contribution is -2.41. The lowest BCUT2D eigenvalue weighted by molar-refractivity contribution is -0.133. The van der Waals surface area contributed by atoms with Gasteiger partial charge in [-0.25, -0.2) is 0 Å². The number of nitrogens with one attached hydrogen (secondary N) is 1. The minimum absolute atomic E-state index is 0.0122. The van der Waals surface area contributed by atoms with Crippen LogP contribution >= 0.6 is 0 Å². The third-order valence-corrected chi connectivity index (χ3v) is 5.96. The van der Waals surface area contributed by atoms with E-state index in [9.17, 15) is 9.59 Å². The van der Waals surface area contributed by atoms with Crippen molar-refractivity contribution in [3.8, 4) is 0 Å². The lowest BCUT2D eigenvalue weighted by atomic mass is 9.87. The number of carbonyl (C=O) groups is 2. The van der Waals surface area contributed by atoms with Crippen molar-refractivity contribution < 1.29 is 9.59 Å². The minimum atomic E-state index is -0.0124. The molecule has 7 heteroatoms. The highest BCUT2D eigenvalue weighted by atomic mass is 16.2. The fraction of sp³-hybridized carbons (Fsp3) is 0.476. The molecule has 0 unspecified atom stereocenters. The van der Waals surface area contributed by atoms with Crippen LogP contribution in [-0.2, 0) is 4.79 Å². The maximum absolute atomic E-state index is 13.0. The second-order valence-corrected chi connectivity index (χ2v) is 8.19. The first-order valence-electron chi connectivity index (χ1n) is 9.74. The van der Waals surface area contributed by atoms with Crippen molar-refractivity contribution >= 4 is 11.8 Å². The fourth-order valence-corrected chi connectivity index (χ4v) is 4.69. The molecular weight excluding hydrogens is 354 g/mol. The quantitative estimate of drug-likeness (QED) is 0.872. The van der Waals surface area contributed by atoms with E-state index >= 15 is 0 Å². The zero-order chi connectivity index (χ0) is 19.8. The number of aromatic nitrogens is 2. The first-order chi connectivity index (χ1) is 13.5. The number of fused-ring (bicyclic) bond motifs is 1. The molecule has 2 aliphatic rings. The molecule has 2 amide bonds. The fourth-order valence-electron chi connectivity index (χ4n) is 4.69. The van der Waals surface area contributed by atoms with Crippen molar-refractivity contribution in [3.05, 3.63) is 53.3 Å². The Labute approximate surface area is 165 Å². The normalized spacial score (nSPS) is 24.1. The van der Waals surface area contributed by atoms with E-state index in [0.717, 1.165) is 0 Å². The van der Waals surface area contributed by atoms with E-state index in [1.807, 2.05) is 40.9 Å². The zero-order valence-electron chi connectivity index (χ0n) is 16.6. The van der Waals surface area contributed by atoms with E-state index < -0.39 is 0 Å². The van der Waals surface area contributed by atoms with Crippen molar-refractivity contribution in [2.45, 2.75) is 13.0 Å². The van der Waals surface area contributed by atoms with Gasteiger partial charge in [0.1, 0.15) is 5.69 Å². The molecule has 0 spiro atoms. The number of nitrogens with zero attached hydrogens (tertiary/aromatic N) is 4. The van der Waals surface area contributed by atoms with Crippen LogP contribution in [0.5, 0.6) is 0 Å². The molecule has 1 aromatic heterocycles. The summed E-state index contributed by atoms with van der Waals surface area (Å²) in [6, 6.07) is 10.0. The van der Waals surface area contributed by atoms with Crippen LogP contribution in [0.15, 0.2) is 36.5 Å². The average molecular weight is 381 g/mol. The Morgan fingerprint density at radius 1 is 1.18 bits per heavy atom. The first-order valence-corrected chi connectivity index (χ1v) is 9.74. The van der Waals surface area contributed by atoms with Gasteiger partial charge in [0.25, 0.3) is 5.91 Å². The SMILES string of the molecule is Cc1ccccc1[C@H]1[C@@H]2CN(C(=O)c3ccn[nH]3)C[C@@H]2CN1C(=O)CN(C)C. The van der Waals surface area contributed by atoms with Gasteiger partial charge in [-0.2, -0.15) is 5.10 Å². The highest BCUT2D eigenvalue weighted by Crippen LogP contribution is 2.46. The van der Waals surface area contributed by atoms with Gasteiger partial charge in [0, 0.05) is 37.7 Å². The number of H-pyrrole nitrogens is 1. The van der Waals surface area contributed by atoms with Gasteiger partial charge < -0.3 is 14.7 Å². The van der Waals surface area contributed by atoms with Gasteiger partial charge in [-0.05, 0) is 38.2 Å². The summed E-state index contributed by atoms with van der Waals surface area (Å²) >= 11 is 0. The molecule has 2 saturated heterocycles. The Hall–Kier alpha value is -2.67. The molecule has 3 atom stereocenters. The van der Waals surface area contributed by atoms with E-state index in [1.54, 1.807) is 12.3 Å². The molecule has 0 saturated carbocycles. The topological polar surface area (TPSA) is 72.5 Å². The Morgan fingerprint density at radius 2 is 1.96 bits per heavy atom. The highest BCUT2D eigenvalue weighted by molar-refractivity contribution is 5.92. The summed E-state index contributed by atoms with van der Waals surface area (Å²) in [5, 5.41) is 6.66. The van der Waals surface area contributed by atoms with Crippen LogP contribution in [0.1, 0.15) is 27.7 Å². The summed E-state index contributed by atoms with van der Waals surface area (Å²) in [5.74, 6) is 0.683. The summed E-state index contributed by atoms with van der Waals surface area (Å²) in [6.45, 7) is 4.53. The van der Waals surface area contributed by atoms with Crippen LogP contribution in [-0.4, -0.2) is 77.0 Å². The van der Waals surface area contributed by atoms with Gasteiger partial charge in [0.2, 0.25) is 5.91 Å². The molecule has 28 heavy (non-hydrogen) atoms. The van der Waals surface area contributed by atoms with Gasteiger partial charge >= 0.3 is 0 Å². The Balaban J connectivity index is 1.62. The molecule has 0 radical (unpaired) electrons. The molecular formula is C21H27N5O2. The van der Waals surface area contributed by atoms with Gasteiger partial charge in [-0.15, -0.1) is 0 Å². The number of carbonyl (C=O) groups excluding carboxylic acids is 2. The van der Waals surface area contributed by atoms with Crippen LogP contribution in [0, 0.1) is 18.8 Å². The van der Waals surface area contributed by atoms with Crippen LogP contribution in [0.2, 0.25) is 0 Å². The van der Waals surface area contributed by atoms with Crippen LogP contribution in [0.3, 0.4) is 0 Å². The van der Waals surface area contributed by atoms with Crippen molar-refractivity contribution in [1.29, 1.82) is 0 Å². The van der Waals surface area contributed by atoms with Gasteiger partial charge in [-0.3, -0.25) is 14.7 Å². The number of benzene rings is 1. The Bertz CT molecular complexity index is 863. The second-order valence-electron chi connectivity index (χ2n) is 8.19. The minimum Gasteiger partial charge on any atom is -0.337 e. The third-order valence-electron chi connectivity index (χ3n) is 5.96. The third kappa shape index (κ3) is 3.30. The van der Waals surface area contributed by atoms with Gasteiger partial charge in [0.05, 0.1) is 12.6 Å². The summed E-state index contributed by atoms with van der Waals surface area (Å²) in [7, 11) is 3.84. The molecule has 1 aromatic carbocycles. The molecule has 7 nitrogen and oxygen atoms in total. The number of aryl methyl sites for hydroxylation is 1. The van der Waals surface area contributed by atoms with E-state index in [4.69, 9.17) is 0 Å². The summed E-state index contributed by atoms with van der Waals surface area (Å²) in [4.78, 5) is 31.6. The lowest BCUT2D eigenvalue weighted by Gasteiger charge is -2.31. The average Bonchev–Trinajstić information content (AvgIpc) is 3.37. The molecule has 2 aromatic rings. The van der Waals surface area contributed by atoms with E-state index in [1.165, 1.54) is 11.1 Å². The maximum Gasteiger partial charge on any atom is 0.271 e. The maximum atomic E-state index is 13.0. The van der Waals surface area contributed by atoms with Gasteiger partial charge in [0.15, 0.2) is 0 Å². The second kappa shape index (κ2) is 7.39. The van der Waals surface area contributed by atoms with Crippen LogP contribution < -0.4 is 0 Å². The number of likely N-dealkylation sites (tertiary alicyclic amines) is 2. The standard InChI is InChI=1S/C21H27N5O2/c1-14-6-4-5-7-16(14)20-17-12-25(21(28)18-8-9-22-23-18)10-15(17)11-26(20)19(27)13-24(2)3/h4-9,15,17,20H,10-13H2,1-3H3,(H,22,23)/t15-,17-,20+/m1/s1. The molecule has 1 N–H and O–H groups in total. The summed E-state index contributed by atoms with van der Waals surface area (Å²) in [6.07, 6.45) is 1.60. The Kier molecular flexibility index (Phi) is 4.93. The summed E-state index contributed by atoms with van der Waals surface area (Å²) < 4.78 is 0. The molecule has 3 heterocycles. The first kappa shape index (κ1) is 18.7. The number of hydrogen-bond acceptors (Lipinski definition) is 4. The smallest absolute Gasteiger partial charge is 0.271 e. The number of likely N-dealkylation sites (N-methyl/N-ethyl adjacent to an activating group) is 1. The van der Waals surface area contributed by atoms with E-state index in [2.05, 4.69) is 29.3 Å². The molecule has 2 fully saturated rings. The highest BCUT2D eigenvalue weighted by Gasteiger charge is 2.50. The molecule has 148 valence electrons. The number of rotatable bonds is 4. The van der Waals surface area contributed by atoms with Crippen molar-refractivity contribution in [1.82, 2.24) is 24.9 Å². The van der Waals surface area contributed by atoms with Crippen LogP contribution in [0.4, 0.5) is 0 Å². The zero-order valence-corrected chi connectivity index (χ0v) is 16.6. The largest absolute Gasteiger partial charge is 0.337 e. The predicted octanol–water partition coefficient (Wildman–Crippen LogP) is 1.55. The van der Waals surface area contributed by atoms with Gasteiger partial charge in [-0.1, -0.05) is 24.3 Å². The van der Waals surface area contributed by atoms with Crippen molar-refractivity contribution in [2.24, 2.45) is 11.8 Å². The molecule has 4 rings (SSSR count). The number of aromatic amines is 1. The molecule has 2 aliphatic heterocycles. The monoisotopic (exact) mass is 381 g/mol. The summed E-state index contributed by atoms with van der Waals surface area (Å²) in [5.41, 5.74) is 2.90. The molecule has 0 bridgehead atoms. The number of hydrogen-bond donors (Lipinski definition) is 1. The van der Waals surface area contributed by atoms with E-state index in [-0.39, 0.29) is 23.8 Å². The molecule has 0 aliphatic carbocycles. The van der Waals surface area contributed by atoms with E-state index in [0.29, 0.717) is 37.8 Å². The predicted molar refractivity (Wildman–Crippen MR) is 106 cm³/mol.